The van der Waals surface area contributed by atoms with Crippen molar-refractivity contribution in [2.24, 2.45) is 0 Å². The molecule has 3 aromatic rings. The van der Waals surface area contributed by atoms with Gasteiger partial charge < -0.3 is 63.1 Å². The molecule has 302 valence electrons. The highest BCUT2D eigenvalue weighted by Crippen LogP contribution is 2.33. The van der Waals surface area contributed by atoms with E-state index in [0.29, 0.717) is 18.1 Å². The number of aliphatic hydroxyl groups excluding tert-OH is 4. The highest BCUT2D eigenvalue weighted by Gasteiger charge is 2.52. The monoisotopic (exact) mass is 786 g/mol. The molecule has 0 unspecified atom stereocenters. The van der Waals surface area contributed by atoms with Crippen LogP contribution in [0.4, 0.5) is 0 Å². The highest BCUT2D eigenvalue weighted by atomic mass is 28.3. The summed E-state index contributed by atoms with van der Waals surface area (Å²) in [6.45, 7) is 6.73. The lowest BCUT2D eigenvalue weighted by Crippen LogP contribution is -2.65. The summed E-state index contributed by atoms with van der Waals surface area (Å²) < 4.78 is 53.3. The standard InChI is InChI=1S/C40H54O14Si/c1-46-28-15-11-25(12-16-28)21-48-23-30-33(42)36(37(40(53-30)49-19-20-55(3,4)5)50-22-26-13-17-29(47-2)18-14-26)54-39-35(44)34(43)32(41)31(52-39)24-51-38(45)27-9-7-6-8-10-27/h6-18,30-37,39-44H,19-24H2,1-5H3/t30-,31-,32+,33+,34+,35-,36+,37-,39+,40-/m1/s1. The molecule has 2 aliphatic heterocycles. The van der Waals surface area contributed by atoms with Gasteiger partial charge in [-0.05, 0) is 53.6 Å². The number of carbonyl (C=O) groups excluding carboxylic acids is 1. The van der Waals surface area contributed by atoms with E-state index < -0.39 is 82.1 Å². The average Bonchev–Trinajstić information content (AvgIpc) is 3.18. The van der Waals surface area contributed by atoms with Crippen LogP contribution in [-0.4, -0.2) is 130 Å². The van der Waals surface area contributed by atoms with Crippen LogP contribution >= 0.6 is 0 Å². The minimum atomic E-state index is -1.76. The maximum atomic E-state index is 12.7. The van der Waals surface area contributed by atoms with Gasteiger partial charge >= 0.3 is 5.97 Å². The molecule has 0 aliphatic carbocycles. The molecule has 0 amide bonds. The van der Waals surface area contributed by atoms with E-state index in [1.54, 1.807) is 56.7 Å². The topological polar surface area (TPSA) is 181 Å². The molecule has 2 fully saturated rings. The molecule has 0 bridgehead atoms. The zero-order chi connectivity index (χ0) is 39.5. The zero-order valence-corrected chi connectivity index (χ0v) is 32.9. The fraction of sp³-hybridized carbons (Fsp3) is 0.525. The molecule has 2 saturated heterocycles. The Bertz CT molecular complexity index is 1590. The Morgan fingerprint density at radius 2 is 1.24 bits per heavy atom. The van der Waals surface area contributed by atoms with Crippen LogP contribution in [0.1, 0.15) is 21.5 Å². The SMILES string of the molecule is COc1ccc(COC[C@H]2O[C@@H](OCC[Si](C)(C)C)[C@H](OCc3ccc(OC)cc3)[C@@H](O[C@@H]3O[C@H](COC(=O)c4ccccc4)[C@H](O)[C@H](O)[C@H]3O)[C@H]2O)cc1. The molecule has 2 aliphatic rings. The predicted molar refractivity (Wildman–Crippen MR) is 201 cm³/mol. The molecule has 4 N–H and O–H groups in total. The van der Waals surface area contributed by atoms with Gasteiger partial charge in [-0.1, -0.05) is 62.1 Å². The van der Waals surface area contributed by atoms with Crippen molar-refractivity contribution < 1.29 is 67.9 Å². The second-order valence-corrected chi connectivity index (χ2v) is 20.4. The van der Waals surface area contributed by atoms with E-state index in [0.717, 1.165) is 17.2 Å². The molecule has 5 rings (SSSR count). The Kier molecular flexibility index (Phi) is 15.6. The van der Waals surface area contributed by atoms with Gasteiger partial charge in [0.05, 0.1) is 39.6 Å². The van der Waals surface area contributed by atoms with Crippen LogP contribution in [0.25, 0.3) is 0 Å². The van der Waals surface area contributed by atoms with Crippen LogP contribution in [0.5, 0.6) is 11.5 Å². The molecule has 55 heavy (non-hydrogen) atoms. The van der Waals surface area contributed by atoms with Crippen LogP contribution in [0.2, 0.25) is 25.7 Å². The smallest absolute Gasteiger partial charge is 0.338 e. The van der Waals surface area contributed by atoms with E-state index in [9.17, 15) is 25.2 Å². The van der Waals surface area contributed by atoms with Gasteiger partial charge in [0.2, 0.25) is 0 Å². The van der Waals surface area contributed by atoms with Crippen LogP contribution in [0.15, 0.2) is 78.9 Å². The third-order valence-electron chi connectivity index (χ3n) is 9.41. The quantitative estimate of drug-likeness (QED) is 0.109. The summed E-state index contributed by atoms with van der Waals surface area (Å²) in [5, 5.41) is 44.7. The van der Waals surface area contributed by atoms with Crippen molar-refractivity contribution in [1.29, 1.82) is 0 Å². The van der Waals surface area contributed by atoms with E-state index >= 15 is 0 Å². The minimum absolute atomic E-state index is 0.0601. The number of methoxy groups -OCH3 is 2. The second kappa shape index (κ2) is 20.1. The summed E-state index contributed by atoms with van der Waals surface area (Å²) in [6, 6.07) is 23.7. The van der Waals surface area contributed by atoms with Crippen LogP contribution in [-0.2, 0) is 46.4 Å². The number of esters is 1. The van der Waals surface area contributed by atoms with Gasteiger partial charge in [0, 0.05) is 14.7 Å². The molecule has 0 aromatic heterocycles. The van der Waals surface area contributed by atoms with Gasteiger partial charge in [0.15, 0.2) is 12.6 Å². The largest absolute Gasteiger partial charge is 0.497 e. The van der Waals surface area contributed by atoms with Crippen molar-refractivity contribution in [3.63, 3.8) is 0 Å². The Labute approximate surface area is 322 Å². The van der Waals surface area contributed by atoms with Gasteiger partial charge in [-0.25, -0.2) is 4.79 Å². The van der Waals surface area contributed by atoms with Gasteiger partial charge in [-0.15, -0.1) is 0 Å². The number of hydrogen-bond acceptors (Lipinski definition) is 14. The molecule has 0 radical (unpaired) electrons. The van der Waals surface area contributed by atoms with E-state index in [1.165, 1.54) is 0 Å². The number of carbonyl (C=O) groups is 1. The fourth-order valence-electron chi connectivity index (χ4n) is 6.04. The normalized spacial score (nSPS) is 28.4. The van der Waals surface area contributed by atoms with Crippen molar-refractivity contribution in [1.82, 2.24) is 0 Å². The van der Waals surface area contributed by atoms with Crippen molar-refractivity contribution >= 4 is 14.0 Å². The van der Waals surface area contributed by atoms with Gasteiger partial charge in [-0.3, -0.25) is 0 Å². The van der Waals surface area contributed by atoms with Gasteiger partial charge in [0.1, 0.15) is 66.9 Å². The summed E-state index contributed by atoms with van der Waals surface area (Å²) in [6.07, 6.45) is -13.8. The third-order valence-corrected chi connectivity index (χ3v) is 11.1. The van der Waals surface area contributed by atoms with Crippen LogP contribution in [0.3, 0.4) is 0 Å². The maximum absolute atomic E-state index is 12.7. The first kappa shape index (κ1) is 42.7. The molecular formula is C40H54O14Si. The Morgan fingerprint density at radius 3 is 1.84 bits per heavy atom. The van der Waals surface area contributed by atoms with Crippen molar-refractivity contribution in [3.05, 3.63) is 95.6 Å². The number of hydrogen-bond donors (Lipinski definition) is 4. The first-order valence-electron chi connectivity index (χ1n) is 18.3. The third kappa shape index (κ3) is 12.0. The number of benzene rings is 3. The summed E-state index contributed by atoms with van der Waals surface area (Å²) in [5.74, 6) is 0.701. The van der Waals surface area contributed by atoms with Crippen molar-refractivity contribution in [2.45, 2.75) is 100 Å². The van der Waals surface area contributed by atoms with E-state index in [4.69, 9.17) is 42.6 Å². The molecular weight excluding hydrogens is 733 g/mol. The average molecular weight is 787 g/mol. The van der Waals surface area contributed by atoms with E-state index in [-0.39, 0.29) is 25.4 Å². The van der Waals surface area contributed by atoms with Gasteiger partial charge in [0.25, 0.3) is 0 Å². The molecule has 0 saturated carbocycles. The highest BCUT2D eigenvalue weighted by molar-refractivity contribution is 6.76. The van der Waals surface area contributed by atoms with E-state index in [2.05, 4.69) is 19.6 Å². The predicted octanol–water partition coefficient (Wildman–Crippen LogP) is 3.30. The van der Waals surface area contributed by atoms with Crippen LogP contribution in [0, 0.1) is 0 Å². The lowest BCUT2D eigenvalue weighted by atomic mass is 9.96. The minimum Gasteiger partial charge on any atom is -0.497 e. The maximum Gasteiger partial charge on any atom is 0.338 e. The fourth-order valence-corrected chi connectivity index (χ4v) is 6.77. The Balaban J connectivity index is 1.37. The molecule has 15 heteroatoms. The second-order valence-electron chi connectivity index (χ2n) is 14.8. The lowest BCUT2D eigenvalue weighted by molar-refractivity contribution is -0.365. The molecule has 0 spiro atoms. The lowest BCUT2D eigenvalue weighted by Gasteiger charge is -2.47. The van der Waals surface area contributed by atoms with Crippen LogP contribution < -0.4 is 9.47 Å². The first-order chi connectivity index (χ1) is 26.4. The zero-order valence-electron chi connectivity index (χ0n) is 31.9. The van der Waals surface area contributed by atoms with Gasteiger partial charge in [-0.2, -0.15) is 0 Å². The summed E-state index contributed by atoms with van der Waals surface area (Å²) in [4.78, 5) is 12.7. The summed E-state index contributed by atoms with van der Waals surface area (Å²) in [7, 11) is 1.61. The Morgan fingerprint density at radius 1 is 0.655 bits per heavy atom. The molecule has 10 atom stereocenters. The summed E-state index contributed by atoms with van der Waals surface area (Å²) >= 11 is 0. The molecule has 3 aromatic carbocycles. The molecule has 2 heterocycles. The van der Waals surface area contributed by atoms with Crippen molar-refractivity contribution in [2.75, 3.05) is 34.0 Å². The number of ether oxygens (including phenoxy) is 9. The first-order valence-corrected chi connectivity index (χ1v) is 22.0. The molecule has 14 nitrogen and oxygen atoms in total. The summed E-state index contributed by atoms with van der Waals surface area (Å²) in [5.41, 5.74) is 1.93. The van der Waals surface area contributed by atoms with Crippen molar-refractivity contribution in [3.8, 4) is 11.5 Å². The van der Waals surface area contributed by atoms with E-state index in [1.807, 2.05) is 36.4 Å². The number of aliphatic hydroxyl groups is 4. The number of rotatable bonds is 18. The Hall–Kier alpha value is -3.45.